The molecule has 3 heteroatoms. The van der Waals surface area contributed by atoms with Crippen LogP contribution < -0.4 is 0 Å². The number of aliphatic hydroxyl groups is 1. The summed E-state index contributed by atoms with van der Waals surface area (Å²) in [5.41, 5.74) is 0. The van der Waals surface area contributed by atoms with Crippen molar-refractivity contribution in [1.82, 2.24) is 0 Å². The minimum atomic E-state index is -0.504. The Morgan fingerprint density at radius 1 is 1.29 bits per heavy atom. The maximum atomic E-state index is 12.5. The van der Waals surface area contributed by atoms with Gasteiger partial charge < -0.3 is 5.11 Å². The first kappa shape index (κ1) is 16.7. The Kier molecular flexibility index (Phi) is 5.98. The lowest BCUT2D eigenvalue weighted by molar-refractivity contribution is -0.127. The highest BCUT2D eigenvalue weighted by Crippen LogP contribution is 2.47. The van der Waals surface area contributed by atoms with Crippen molar-refractivity contribution >= 4 is 11.6 Å². The van der Waals surface area contributed by atoms with Crippen LogP contribution in [0.1, 0.15) is 71.6 Å². The summed E-state index contributed by atoms with van der Waals surface area (Å²) in [6.45, 7) is 4.42. The Morgan fingerprint density at radius 3 is 2.76 bits per heavy atom. The number of unbranched alkanes of at least 4 members (excludes halogenated alkanes) is 2. The van der Waals surface area contributed by atoms with E-state index in [2.05, 4.69) is 13.8 Å². The maximum absolute atomic E-state index is 12.5. The Hall–Kier alpha value is -0.700. The average molecular weight is 294 g/mol. The molecule has 2 saturated carbocycles. The monoisotopic (exact) mass is 294 g/mol. The molecule has 5 atom stereocenters. The lowest BCUT2D eigenvalue weighted by Gasteiger charge is -2.20. The molecular formula is C18H30O3. The fraction of sp³-hybridized carbons (Fsp3) is 0.889. The van der Waals surface area contributed by atoms with E-state index in [9.17, 15) is 14.7 Å². The lowest BCUT2D eigenvalue weighted by Crippen LogP contribution is -2.28. The molecule has 2 rings (SSSR count). The second-order valence-electron chi connectivity index (χ2n) is 7.31. The van der Waals surface area contributed by atoms with Crippen molar-refractivity contribution in [1.29, 1.82) is 0 Å². The highest BCUT2D eigenvalue weighted by atomic mass is 16.3. The zero-order valence-corrected chi connectivity index (χ0v) is 13.5. The van der Waals surface area contributed by atoms with Crippen molar-refractivity contribution in [2.45, 2.75) is 77.7 Å². The molecule has 0 bridgehead atoms. The zero-order valence-electron chi connectivity index (χ0n) is 13.5. The van der Waals surface area contributed by atoms with Gasteiger partial charge in [-0.2, -0.15) is 0 Å². The van der Waals surface area contributed by atoms with E-state index in [-0.39, 0.29) is 29.3 Å². The quantitative estimate of drug-likeness (QED) is 0.697. The molecule has 21 heavy (non-hydrogen) atoms. The van der Waals surface area contributed by atoms with Crippen LogP contribution in [0.4, 0.5) is 0 Å². The van der Waals surface area contributed by atoms with Crippen molar-refractivity contribution in [3.63, 3.8) is 0 Å². The summed E-state index contributed by atoms with van der Waals surface area (Å²) in [4.78, 5) is 24.0. The van der Waals surface area contributed by atoms with E-state index in [1.54, 1.807) is 0 Å². The first-order chi connectivity index (χ1) is 10.0. The standard InChI is InChI=1S/C18H30O3/c1-3-4-5-6-12(2)7-8-16(20)18-15-11-14(19)9-13(15)10-17(18)21/h12-13,15,17-18,21H,3-11H2,1-2H3/t12?,13-,15-,17+,18-/m0/s1. The normalized spacial score (nSPS) is 33.2. The van der Waals surface area contributed by atoms with Crippen molar-refractivity contribution < 1.29 is 14.7 Å². The molecule has 0 radical (unpaired) electrons. The second-order valence-corrected chi connectivity index (χ2v) is 7.31. The van der Waals surface area contributed by atoms with Gasteiger partial charge >= 0.3 is 0 Å². The van der Waals surface area contributed by atoms with E-state index in [1.807, 2.05) is 0 Å². The van der Waals surface area contributed by atoms with Gasteiger partial charge in [0.2, 0.25) is 0 Å². The van der Waals surface area contributed by atoms with Crippen LogP contribution in [0.5, 0.6) is 0 Å². The average Bonchev–Trinajstić information content (AvgIpc) is 2.90. The number of hydrogen-bond donors (Lipinski definition) is 1. The largest absolute Gasteiger partial charge is 0.392 e. The number of aliphatic hydroxyl groups excluding tert-OH is 1. The summed E-state index contributed by atoms with van der Waals surface area (Å²) < 4.78 is 0. The van der Waals surface area contributed by atoms with Gasteiger partial charge in [0.25, 0.3) is 0 Å². The fourth-order valence-electron chi connectivity index (χ4n) is 4.27. The molecule has 0 heterocycles. The molecule has 120 valence electrons. The third kappa shape index (κ3) is 4.15. The molecule has 3 nitrogen and oxygen atoms in total. The van der Waals surface area contributed by atoms with Crippen LogP contribution in [0.3, 0.4) is 0 Å². The van der Waals surface area contributed by atoms with Crippen LogP contribution in [-0.4, -0.2) is 22.8 Å². The van der Waals surface area contributed by atoms with E-state index < -0.39 is 6.10 Å². The van der Waals surface area contributed by atoms with Gasteiger partial charge in [-0.1, -0.05) is 39.5 Å². The van der Waals surface area contributed by atoms with E-state index >= 15 is 0 Å². The van der Waals surface area contributed by atoms with E-state index in [4.69, 9.17) is 0 Å². The van der Waals surface area contributed by atoms with Crippen molar-refractivity contribution in [2.24, 2.45) is 23.7 Å². The SMILES string of the molecule is CCCCCC(C)CCC(=O)[C@@H]1[C@H]2CC(=O)C[C@H]2C[C@H]1O. The molecule has 2 fully saturated rings. The minimum absolute atomic E-state index is 0.135. The van der Waals surface area contributed by atoms with Gasteiger partial charge in [0.15, 0.2) is 0 Å². The van der Waals surface area contributed by atoms with Crippen molar-refractivity contribution in [3.05, 3.63) is 0 Å². The highest BCUT2D eigenvalue weighted by Gasteiger charge is 2.50. The molecule has 2 aliphatic carbocycles. The number of fused-ring (bicyclic) bond motifs is 1. The Morgan fingerprint density at radius 2 is 2.05 bits per heavy atom. The van der Waals surface area contributed by atoms with Gasteiger partial charge in [0, 0.05) is 25.2 Å². The predicted molar refractivity (Wildman–Crippen MR) is 82.9 cm³/mol. The van der Waals surface area contributed by atoms with Crippen molar-refractivity contribution in [2.75, 3.05) is 0 Å². The highest BCUT2D eigenvalue weighted by molar-refractivity contribution is 5.86. The van der Waals surface area contributed by atoms with Gasteiger partial charge in [0.1, 0.15) is 11.6 Å². The number of carbonyl (C=O) groups is 2. The lowest BCUT2D eigenvalue weighted by atomic mass is 9.85. The van der Waals surface area contributed by atoms with Crippen LogP contribution in [0.25, 0.3) is 0 Å². The molecule has 0 aliphatic heterocycles. The summed E-state index contributed by atoms with van der Waals surface area (Å²) in [6.07, 6.45) is 7.69. The van der Waals surface area contributed by atoms with E-state index in [0.717, 1.165) is 6.42 Å². The van der Waals surface area contributed by atoms with E-state index in [1.165, 1.54) is 25.7 Å². The van der Waals surface area contributed by atoms with Crippen LogP contribution in [-0.2, 0) is 9.59 Å². The number of ketones is 2. The molecule has 0 aromatic rings. The number of rotatable bonds is 8. The van der Waals surface area contributed by atoms with Gasteiger partial charge in [-0.15, -0.1) is 0 Å². The Balaban J connectivity index is 1.78. The molecule has 0 aromatic heterocycles. The molecular weight excluding hydrogens is 264 g/mol. The summed E-state index contributed by atoms with van der Waals surface area (Å²) in [5, 5.41) is 10.2. The van der Waals surface area contributed by atoms with Gasteiger partial charge in [-0.25, -0.2) is 0 Å². The summed E-state index contributed by atoms with van der Waals surface area (Å²) in [6, 6.07) is 0. The molecule has 1 unspecified atom stereocenters. The zero-order chi connectivity index (χ0) is 15.4. The van der Waals surface area contributed by atoms with Gasteiger partial charge in [-0.05, 0) is 30.6 Å². The minimum Gasteiger partial charge on any atom is -0.392 e. The maximum Gasteiger partial charge on any atom is 0.138 e. The topological polar surface area (TPSA) is 54.4 Å². The summed E-state index contributed by atoms with van der Waals surface area (Å²) in [7, 11) is 0. The number of hydrogen-bond acceptors (Lipinski definition) is 3. The first-order valence-corrected chi connectivity index (χ1v) is 8.75. The smallest absolute Gasteiger partial charge is 0.138 e. The summed E-state index contributed by atoms with van der Waals surface area (Å²) >= 11 is 0. The first-order valence-electron chi connectivity index (χ1n) is 8.75. The Bertz CT molecular complexity index is 377. The fourth-order valence-corrected chi connectivity index (χ4v) is 4.27. The van der Waals surface area contributed by atoms with Crippen LogP contribution in [0.2, 0.25) is 0 Å². The Labute approximate surface area is 128 Å². The third-order valence-electron chi connectivity index (χ3n) is 5.53. The van der Waals surface area contributed by atoms with Gasteiger partial charge in [0.05, 0.1) is 6.10 Å². The van der Waals surface area contributed by atoms with Crippen LogP contribution in [0.15, 0.2) is 0 Å². The van der Waals surface area contributed by atoms with Crippen LogP contribution >= 0.6 is 0 Å². The molecule has 0 aromatic carbocycles. The molecule has 0 amide bonds. The molecule has 0 spiro atoms. The molecule has 1 N–H and O–H groups in total. The summed E-state index contributed by atoms with van der Waals surface area (Å²) in [5.74, 6) is 1.21. The van der Waals surface area contributed by atoms with Crippen LogP contribution in [0, 0.1) is 23.7 Å². The second kappa shape index (κ2) is 7.53. The van der Waals surface area contributed by atoms with Gasteiger partial charge in [-0.3, -0.25) is 9.59 Å². The third-order valence-corrected chi connectivity index (χ3v) is 5.53. The number of carbonyl (C=O) groups excluding carboxylic acids is 2. The van der Waals surface area contributed by atoms with E-state index in [0.29, 0.717) is 31.6 Å². The molecule has 2 aliphatic rings. The number of Topliss-reactive ketones (excluding diaryl/α,β-unsaturated/α-hetero) is 2. The van der Waals surface area contributed by atoms with Crippen molar-refractivity contribution in [3.8, 4) is 0 Å². The predicted octanol–water partition coefficient (Wildman–Crippen LogP) is 3.53. The molecule has 0 saturated heterocycles.